The lowest BCUT2D eigenvalue weighted by atomic mass is 10.0. The van der Waals surface area contributed by atoms with Crippen LogP contribution in [0.5, 0.6) is 0 Å². The molecule has 4 nitrogen and oxygen atoms in total. The zero-order valence-electron chi connectivity index (χ0n) is 13.8. The highest BCUT2D eigenvalue weighted by molar-refractivity contribution is 5.74. The van der Waals surface area contributed by atoms with E-state index in [1.165, 1.54) is 11.0 Å². The van der Waals surface area contributed by atoms with Gasteiger partial charge in [0.1, 0.15) is 0 Å². The summed E-state index contributed by atoms with van der Waals surface area (Å²) in [5, 5.41) is 12.5. The Balaban J connectivity index is 1.96. The first-order valence-corrected chi connectivity index (χ1v) is 8.05. The summed E-state index contributed by atoms with van der Waals surface area (Å²) in [5.41, 5.74) is -0.337. The third-order valence-corrected chi connectivity index (χ3v) is 4.53. The van der Waals surface area contributed by atoms with Crippen molar-refractivity contribution in [2.45, 2.75) is 44.5 Å². The summed E-state index contributed by atoms with van der Waals surface area (Å²) in [4.78, 5) is 13.7. The first-order chi connectivity index (χ1) is 11.2. The molecule has 7 heteroatoms. The van der Waals surface area contributed by atoms with Crippen molar-refractivity contribution in [3.05, 3.63) is 35.4 Å². The maximum Gasteiger partial charge on any atom is 0.416 e. The Morgan fingerprint density at radius 2 is 2.12 bits per heavy atom. The van der Waals surface area contributed by atoms with Gasteiger partial charge in [0, 0.05) is 19.5 Å². The number of rotatable bonds is 4. The third-order valence-electron chi connectivity index (χ3n) is 4.53. The van der Waals surface area contributed by atoms with Crippen molar-refractivity contribution in [1.29, 1.82) is 0 Å². The van der Waals surface area contributed by atoms with E-state index >= 15 is 0 Å². The van der Waals surface area contributed by atoms with Gasteiger partial charge in [-0.25, -0.2) is 4.79 Å². The molecule has 0 aromatic heterocycles. The molecule has 0 spiro atoms. The highest BCUT2D eigenvalue weighted by Crippen LogP contribution is 2.31. The molecule has 0 saturated heterocycles. The number of halogens is 3. The van der Waals surface area contributed by atoms with Crippen LogP contribution < -0.4 is 5.32 Å². The minimum atomic E-state index is -4.41. The molecule has 1 aliphatic carbocycles. The maximum atomic E-state index is 12.8. The molecule has 3 atom stereocenters. The molecule has 1 fully saturated rings. The van der Waals surface area contributed by atoms with Crippen LogP contribution in [0.15, 0.2) is 24.3 Å². The molecule has 2 N–H and O–H groups in total. The molecule has 2 rings (SSSR count). The van der Waals surface area contributed by atoms with E-state index in [1.807, 2.05) is 0 Å². The average Bonchev–Trinajstić information content (AvgIpc) is 2.91. The predicted molar refractivity (Wildman–Crippen MR) is 84.4 cm³/mol. The van der Waals surface area contributed by atoms with Gasteiger partial charge in [-0.15, -0.1) is 0 Å². The Morgan fingerprint density at radius 1 is 1.42 bits per heavy atom. The molecule has 1 saturated carbocycles. The van der Waals surface area contributed by atoms with Crippen LogP contribution in [0, 0.1) is 5.92 Å². The standard InChI is InChI=1S/C17H23F3N2O2/c1-11(12-5-3-7-14(9-12)17(18,19)20)21-16(24)22(2)10-13-6-4-8-15(13)23/h3,5,7,9,11,13,15,23H,4,6,8,10H2,1-2H3,(H,21,24). The zero-order chi connectivity index (χ0) is 17.9. The quantitative estimate of drug-likeness (QED) is 0.877. The molecule has 0 radical (unpaired) electrons. The van der Waals surface area contributed by atoms with Crippen LogP contribution in [-0.4, -0.2) is 35.7 Å². The van der Waals surface area contributed by atoms with Gasteiger partial charge in [0.25, 0.3) is 0 Å². The number of hydrogen-bond acceptors (Lipinski definition) is 2. The number of aliphatic hydroxyl groups excluding tert-OH is 1. The van der Waals surface area contributed by atoms with Gasteiger partial charge in [0.05, 0.1) is 17.7 Å². The van der Waals surface area contributed by atoms with E-state index in [0.717, 1.165) is 31.4 Å². The van der Waals surface area contributed by atoms with Crippen molar-refractivity contribution in [1.82, 2.24) is 10.2 Å². The molecule has 2 amide bonds. The molecule has 24 heavy (non-hydrogen) atoms. The number of hydrogen-bond donors (Lipinski definition) is 2. The van der Waals surface area contributed by atoms with Crippen molar-refractivity contribution >= 4 is 6.03 Å². The Hall–Kier alpha value is -1.76. The van der Waals surface area contributed by atoms with Crippen LogP contribution in [0.25, 0.3) is 0 Å². The summed E-state index contributed by atoms with van der Waals surface area (Å²) in [5.74, 6) is 0.0598. The fourth-order valence-corrected chi connectivity index (χ4v) is 3.03. The molecule has 1 aromatic rings. The summed E-state index contributed by atoms with van der Waals surface area (Å²) in [6.07, 6.45) is -2.22. The van der Waals surface area contributed by atoms with Crippen molar-refractivity contribution < 1.29 is 23.1 Å². The van der Waals surface area contributed by atoms with Gasteiger partial charge in [0.15, 0.2) is 0 Å². The second-order valence-corrected chi connectivity index (χ2v) is 6.43. The minimum Gasteiger partial charge on any atom is -0.393 e. The van der Waals surface area contributed by atoms with E-state index < -0.39 is 17.8 Å². The smallest absolute Gasteiger partial charge is 0.393 e. The molecular formula is C17H23F3N2O2. The van der Waals surface area contributed by atoms with Gasteiger partial charge in [-0.05, 0) is 37.5 Å². The second-order valence-electron chi connectivity index (χ2n) is 6.43. The fraction of sp³-hybridized carbons (Fsp3) is 0.588. The Labute approximate surface area is 139 Å². The summed E-state index contributed by atoms with van der Waals surface area (Å²) >= 11 is 0. The topological polar surface area (TPSA) is 52.6 Å². The number of benzene rings is 1. The highest BCUT2D eigenvalue weighted by atomic mass is 19.4. The SMILES string of the molecule is CC(NC(=O)N(C)CC1CCCC1O)c1cccc(C(F)(F)F)c1. The zero-order valence-corrected chi connectivity index (χ0v) is 13.8. The molecule has 1 aliphatic rings. The number of nitrogens with zero attached hydrogens (tertiary/aromatic N) is 1. The van der Waals surface area contributed by atoms with Crippen LogP contribution >= 0.6 is 0 Å². The Morgan fingerprint density at radius 3 is 2.71 bits per heavy atom. The average molecular weight is 344 g/mol. The number of nitrogens with one attached hydrogen (secondary N) is 1. The van der Waals surface area contributed by atoms with Gasteiger partial charge in [-0.3, -0.25) is 0 Å². The number of carbonyl (C=O) groups is 1. The fourth-order valence-electron chi connectivity index (χ4n) is 3.03. The summed E-state index contributed by atoms with van der Waals surface area (Å²) in [6.45, 7) is 2.08. The Bertz CT molecular complexity index is 577. The molecule has 0 aliphatic heterocycles. The minimum absolute atomic E-state index is 0.0598. The normalized spacial score (nSPS) is 22.2. The lowest BCUT2D eigenvalue weighted by molar-refractivity contribution is -0.137. The highest BCUT2D eigenvalue weighted by Gasteiger charge is 2.31. The van der Waals surface area contributed by atoms with Gasteiger partial charge < -0.3 is 15.3 Å². The van der Waals surface area contributed by atoms with Crippen molar-refractivity contribution in [2.24, 2.45) is 5.92 Å². The van der Waals surface area contributed by atoms with Crippen LogP contribution in [0.1, 0.15) is 43.4 Å². The molecule has 0 bridgehead atoms. The van der Waals surface area contributed by atoms with E-state index in [0.29, 0.717) is 12.1 Å². The molecule has 1 aromatic carbocycles. The second kappa shape index (κ2) is 7.42. The van der Waals surface area contributed by atoms with Crippen molar-refractivity contribution in [2.75, 3.05) is 13.6 Å². The van der Waals surface area contributed by atoms with Gasteiger partial charge >= 0.3 is 12.2 Å². The van der Waals surface area contributed by atoms with E-state index in [1.54, 1.807) is 20.0 Å². The lowest BCUT2D eigenvalue weighted by Gasteiger charge is -2.25. The van der Waals surface area contributed by atoms with Gasteiger partial charge in [0.2, 0.25) is 0 Å². The first kappa shape index (κ1) is 18.6. The first-order valence-electron chi connectivity index (χ1n) is 8.05. The number of amides is 2. The van der Waals surface area contributed by atoms with E-state index in [-0.39, 0.29) is 18.1 Å². The molecule has 3 unspecified atom stereocenters. The van der Waals surface area contributed by atoms with Crippen LogP contribution in [0.2, 0.25) is 0 Å². The third kappa shape index (κ3) is 4.63. The summed E-state index contributed by atoms with van der Waals surface area (Å²) < 4.78 is 38.3. The van der Waals surface area contributed by atoms with Crippen LogP contribution in [0.4, 0.5) is 18.0 Å². The van der Waals surface area contributed by atoms with Crippen molar-refractivity contribution in [3.63, 3.8) is 0 Å². The van der Waals surface area contributed by atoms with Crippen LogP contribution in [0.3, 0.4) is 0 Å². The molecule has 0 heterocycles. The molecular weight excluding hydrogens is 321 g/mol. The monoisotopic (exact) mass is 344 g/mol. The predicted octanol–water partition coefficient (Wildman–Crippen LogP) is 3.57. The van der Waals surface area contributed by atoms with Crippen molar-refractivity contribution in [3.8, 4) is 0 Å². The van der Waals surface area contributed by atoms with Gasteiger partial charge in [-0.2, -0.15) is 13.2 Å². The van der Waals surface area contributed by atoms with Crippen LogP contribution in [-0.2, 0) is 6.18 Å². The van der Waals surface area contributed by atoms with Gasteiger partial charge in [-0.1, -0.05) is 18.6 Å². The number of carbonyl (C=O) groups excluding carboxylic acids is 1. The Kier molecular flexibility index (Phi) is 5.74. The summed E-state index contributed by atoms with van der Waals surface area (Å²) in [7, 11) is 1.62. The number of aliphatic hydroxyl groups is 1. The lowest BCUT2D eigenvalue weighted by Crippen LogP contribution is -2.42. The van der Waals surface area contributed by atoms with E-state index in [4.69, 9.17) is 0 Å². The maximum absolute atomic E-state index is 12.8. The number of urea groups is 1. The van der Waals surface area contributed by atoms with E-state index in [2.05, 4.69) is 5.32 Å². The largest absolute Gasteiger partial charge is 0.416 e. The molecule has 134 valence electrons. The number of alkyl halides is 3. The van der Waals surface area contributed by atoms with E-state index in [9.17, 15) is 23.1 Å². The summed E-state index contributed by atoms with van der Waals surface area (Å²) in [6, 6.07) is 4.03.